The predicted octanol–water partition coefficient (Wildman–Crippen LogP) is 2.19. The van der Waals surface area contributed by atoms with Crippen LogP contribution in [0.4, 0.5) is 0 Å². The van der Waals surface area contributed by atoms with E-state index < -0.39 is 0 Å². The largest absolute Gasteiger partial charge is 0.316 e. The van der Waals surface area contributed by atoms with Crippen molar-refractivity contribution in [1.82, 2.24) is 4.57 Å². The Labute approximate surface area is 90.4 Å². The molecule has 0 aliphatic rings. The molecule has 14 heavy (non-hydrogen) atoms. The van der Waals surface area contributed by atoms with Crippen molar-refractivity contribution in [3.8, 4) is 0 Å². The number of hydrogen-bond acceptors (Lipinski definition) is 2. The van der Waals surface area contributed by atoms with Crippen molar-refractivity contribution >= 4 is 12.6 Å². The quantitative estimate of drug-likeness (QED) is 0.741. The van der Waals surface area contributed by atoms with E-state index in [1.165, 1.54) is 0 Å². The maximum atomic E-state index is 11.3. The first-order valence-electron chi connectivity index (χ1n) is 5.00. The van der Waals surface area contributed by atoms with Gasteiger partial charge in [0, 0.05) is 18.8 Å². The summed E-state index contributed by atoms with van der Waals surface area (Å²) in [7, 11) is 0. The molecular formula is C11H17NOS. The molecule has 0 aromatic carbocycles. The number of hydrogen-bond donors (Lipinski definition) is 1. The fourth-order valence-corrected chi connectivity index (χ4v) is 1.81. The van der Waals surface area contributed by atoms with E-state index in [2.05, 4.69) is 19.6 Å². The lowest BCUT2D eigenvalue weighted by atomic mass is 10.1. The Morgan fingerprint density at radius 2 is 2.21 bits per heavy atom. The van der Waals surface area contributed by atoms with Crippen LogP contribution in [-0.2, 0) is 6.54 Å². The zero-order valence-corrected chi connectivity index (χ0v) is 9.41. The molecule has 0 aliphatic carbocycles. The molecule has 1 aromatic heterocycles. The third-order valence-corrected chi connectivity index (χ3v) is 2.64. The van der Waals surface area contributed by atoms with Crippen molar-refractivity contribution < 1.29 is 0 Å². The van der Waals surface area contributed by atoms with Crippen LogP contribution < -0.4 is 5.56 Å². The van der Waals surface area contributed by atoms with E-state index in [1.807, 2.05) is 12.3 Å². The Hall–Kier alpha value is -0.700. The second-order valence-electron chi connectivity index (χ2n) is 3.64. The SMILES string of the molecule is CC(CCS)CCn1ccccc1=O. The van der Waals surface area contributed by atoms with Crippen LogP contribution in [0.15, 0.2) is 29.2 Å². The van der Waals surface area contributed by atoms with E-state index in [9.17, 15) is 4.79 Å². The van der Waals surface area contributed by atoms with Crippen LogP contribution in [0.2, 0.25) is 0 Å². The molecule has 0 saturated carbocycles. The number of pyridine rings is 1. The van der Waals surface area contributed by atoms with Gasteiger partial charge in [0.05, 0.1) is 0 Å². The van der Waals surface area contributed by atoms with Crippen LogP contribution in [-0.4, -0.2) is 10.3 Å². The van der Waals surface area contributed by atoms with Gasteiger partial charge >= 0.3 is 0 Å². The molecule has 1 heterocycles. The van der Waals surface area contributed by atoms with Crippen molar-refractivity contribution in [1.29, 1.82) is 0 Å². The summed E-state index contributed by atoms with van der Waals surface area (Å²) < 4.78 is 1.76. The third kappa shape index (κ3) is 3.58. The van der Waals surface area contributed by atoms with E-state index >= 15 is 0 Å². The Balaban J connectivity index is 2.46. The molecule has 0 amide bonds. The smallest absolute Gasteiger partial charge is 0.250 e. The molecule has 0 radical (unpaired) electrons. The van der Waals surface area contributed by atoms with Crippen LogP contribution in [0.1, 0.15) is 19.8 Å². The van der Waals surface area contributed by atoms with E-state index in [1.54, 1.807) is 16.7 Å². The van der Waals surface area contributed by atoms with Gasteiger partial charge in [-0.15, -0.1) is 0 Å². The molecule has 2 nitrogen and oxygen atoms in total. The third-order valence-electron chi connectivity index (χ3n) is 2.38. The number of rotatable bonds is 5. The van der Waals surface area contributed by atoms with Crippen LogP contribution in [0.25, 0.3) is 0 Å². The van der Waals surface area contributed by atoms with E-state index in [0.717, 1.165) is 25.1 Å². The standard InChI is InChI=1S/C11H17NOS/c1-10(6-9-14)5-8-12-7-3-2-4-11(12)13/h2-4,7,10,14H,5-6,8-9H2,1H3. The summed E-state index contributed by atoms with van der Waals surface area (Å²) >= 11 is 4.19. The Morgan fingerprint density at radius 1 is 1.43 bits per heavy atom. The first-order valence-corrected chi connectivity index (χ1v) is 5.63. The van der Waals surface area contributed by atoms with Gasteiger partial charge in [-0.1, -0.05) is 13.0 Å². The maximum Gasteiger partial charge on any atom is 0.250 e. The first kappa shape index (κ1) is 11.4. The van der Waals surface area contributed by atoms with Gasteiger partial charge in [0.1, 0.15) is 0 Å². The van der Waals surface area contributed by atoms with E-state index in [0.29, 0.717) is 5.92 Å². The van der Waals surface area contributed by atoms with Gasteiger partial charge in [0.2, 0.25) is 5.56 Å². The molecule has 0 aliphatic heterocycles. The topological polar surface area (TPSA) is 22.0 Å². The summed E-state index contributed by atoms with van der Waals surface area (Å²) in [5, 5.41) is 0. The first-order chi connectivity index (χ1) is 6.74. The molecule has 0 N–H and O–H groups in total. The van der Waals surface area contributed by atoms with Crippen LogP contribution in [0, 0.1) is 5.92 Å². The minimum atomic E-state index is 0.0885. The molecule has 1 unspecified atom stereocenters. The average molecular weight is 211 g/mol. The van der Waals surface area contributed by atoms with Gasteiger partial charge in [-0.25, -0.2) is 0 Å². The molecule has 1 aromatic rings. The molecule has 78 valence electrons. The number of thiol groups is 1. The Kier molecular flexibility index (Phi) is 4.80. The van der Waals surface area contributed by atoms with E-state index in [4.69, 9.17) is 0 Å². The molecule has 0 bridgehead atoms. The Bertz CT molecular complexity index is 321. The second kappa shape index (κ2) is 5.91. The van der Waals surface area contributed by atoms with Gasteiger partial charge < -0.3 is 4.57 Å². The number of aromatic nitrogens is 1. The summed E-state index contributed by atoms with van der Waals surface area (Å²) in [6, 6.07) is 5.27. The highest BCUT2D eigenvalue weighted by molar-refractivity contribution is 7.80. The fourth-order valence-electron chi connectivity index (χ4n) is 1.37. The predicted molar refractivity (Wildman–Crippen MR) is 63.0 cm³/mol. The van der Waals surface area contributed by atoms with Crippen molar-refractivity contribution in [3.05, 3.63) is 34.7 Å². The number of nitrogens with zero attached hydrogens (tertiary/aromatic N) is 1. The zero-order valence-electron chi connectivity index (χ0n) is 8.52. The molecular weight excluding hydrogens is 194 g/mol. The van der Waals surface area contributed by atoms with Crippen molar-refractivity contribution in [3.63, 3.8) is 0 Å². The summed E-state index contributed by atoms with van der Waals surface area (Å²) in [6.07, 6.45) is 4.00. The minimum Gasteiger partial charge on any atom is -0.316 e. The molecule has 0 fully saturated rings. The number of aryl methyl sites for hydroxylation is 1. The van der Waals surface area contributed by atoms with Crippen molar-refractivity contribution in [2.45, 2.75) is 26.3 Å². The average Bonchev–Trinajstić information content (AvgIpc) is 2.17. The highest BCUT2D eigenvalue weighted by atomic mass is 32.1. The summed E-state index contributed by atoms with van der Waals surface area (Å²) in [4.78, 5) is 11.3. The molecule has 1 atom stereocenters. The van der Waals surface area contributed by atoms with Crippen molar-refractivity contribution in [2.24, 2.45) is 5.92 Å². The highest BCUT2D eigenvalue weighted by Crippen LogP contribution is 2.08. The van der Waals surface area contributed by atoms with Gasteiger partial charge in [0.25, 0.3) is 0 Å². The second-order valence-corrected chi connectivity index (χ2v) is 4.09. The normalized spacial score (nSPS) is 12.7. The monoisotopic (exact) mass is 211 g/mol. The van der Waals surface area contributed by atoms with Gasteiger partial charge in [-0.05, 0) is 30.6 Å². The van der Waals surface area contributed by atoms with Gasteiger partial charge in [-0.3, -0.25) is 4.79 Å². The minimum absolute atomic E-state index is 0.0885. The summed E-state index contributed by atoms with van der Waals surface area (Å²) in [5.74, 6) is 1.56. The van der Waals surface area contributed by atoms with Gasteiger partial charge in [0.15, 0.2) is 0 Å². The summed E-state index contributed by atoms with van der Waals surface area (Å²) in [6.45, 7) is 3.01. The molecule has 1 rings (SSSR count). The highest BCUT2D eigenvalue weighted by Gasteiger charge is 2.01. The zero-order chi connectivity index (χ0) is 10.4. The van der Waals surface area contributed by atoms with Gasteiger partial charge in [-0.2, -0.15) is 12.6 Å². The fraction of sp³-hybridized carbons (Fsp3) is 0.545. The van der Waals surface area contributed by atoms with E-state index in [-0.39, 0.29) is 5.56 Å². The molecule has 3 heteroatoms. The van der Waals surface area contributed by atoms with Crippen LogP contribution >= 0.6 is 12.6 Å². The lowest BCUT2D eigenvalue weighted by Gasteiger charge is -2.10. The Morgan fingerprint density at radius 3 is 2.86 bits per heavy atom. The van der Waals surface area contributed by atoms with Crippen LogP contribution in [0.5, 0.6) is 0 Å². The molecule has 0 spiro atoms. The maximum absolute atomic E-state index is 11.3. The summed E-state index contributed by atoms with van der Waals surface area (Å²) in [5.41, 5.74) is 0.0885. The lowest BCUT2D eigenvalue weighted by molar-refractivity contribution is 0.466. The lowest BCUT2D eigenvalue weighted by Crippen LogP contribution is -2.18. The van der Waals surface area contributed by atoms with Crippen molar-refractivity contribution in [2.75, 3.05) is 5.75 Å². The van der Waals surface area contributed by atoms with Crippen LogP contribution in [0.3, 0.4) is 0 Å². The molecule has 0 saturated heterocycles.